The minimum Gasteiger partial charge on any atom is -0.497 e. The van der Waals surface area contributed by atoms with E-state index in [9.17, 15) is 4.79 Å². The van der Waals surface area contributed by atoms with Gasteiger partial charge < -0.3 is 9.64 Å². The fourth-order valence-corrected chi connectivity index (χ4v) is 4.51. The van der Waals surface area contributed by atoms with Crippen LogP contribution in [0.4, 0.5) is 0 Å². The van der Waals surface area contributed by atoms with Crippen molar-refractivity contribution in [3.63, 3.8) is 0 Å². The van der Waals surface area contributed by atoms with Gasteiger partial charge in [-0.15, -0.1) is 24.0 Å². The topological polar surface area (TPSA) is 46.8 Å². The second-order valence-electron chi connectivity index (χ2n) is 6.36. The Morgan fingerprint density at radius 1 is 1.18 bits per heavy atom. The molecular formula is C20H19Cl2N3O2S. The maximum atomic E-state index is 12.7. The molecule has 2 aromatic heterocycles. The number of carbonyl (C=O) groups is 1. The van der Waals surface area contributed by atoms with Crippen LogP contribution in [0.5, 0.6) is 5.75 Å². The van der Waals surface area contributed by atoms with Crippen LogP contribution < -0.4 is 4.74 Å². The Bertz CT molecular complexity index is 1140. The van der Waals surface area contributed by atoms with Crippen molar-refractivity contribution >= 4 is 56.4 Å². The van der Waals surface area contributed by atoms with Gasteiger partial charge in [-0.25, -0.2) is 4.98 Å². The van der Waals surface area contributed by atoms with Crippen molar-refractivity contribution in [3.8, 4) is 17.0 Å². The van der Waals surface area contributed by atoms with Gasteiger partial charge in [-0.1, -0.05) is 23.5 Å². The number of aromatic nitrogens is 2. The molecule has 0 bridgehead atoms. The van der Waals surface area contributed by atoms with Crippen LogP contribution in [-0.4, -0.2) is 41.4 Å². The molecule has 1 atom stereocenters. The number of alkyl halides is 1. The van der Waals surface area contributed by atoms with Gasteiger partial charge in [-0.05, 0) is 36.4 Å². The first kappa shape index (κ1) is 20.5. The molecule has 2 heterocycles. The second kappa shape index (κ2) is 7.99. The zero-order valence-corrected chi connectivity index (χ0v) is 17.9. The number of methoxy groups -OCH3 is 1. The predicted octanol–water partition coefficient (Wildman–Crippen LogP) is 5.01. The molecule has 0 aliphatic carbocycles. The maximum absolute atomic E-state index is 12.7. The van der Waals surface area contributed by atoms with E-state index < -0.39 is 5.38 Å². The molecule has 0 aliphatic heterocycles. The Kier molecular flexibility index (Phi) is 5.84. The Morgan fingerprint density at radius 3 is 2.50 bits per heavy atom. The molecule has 1 amide bonds. The molecule has 0 saturated carbocycles. The summed E-state index contributed by atoms with van der Waals surface area (Å²) in [6.45, 7) is 0. The van der Waals surface area contributed by atoms with E-state index in [-0.39, 0.29) is 18.3 Å². The van der Waals surface area contributed by atoms with Gasteiger partial charge in [0.25, 0.3) is 0 Å². The number of thiazole rings is 1. The first-order chi connectivity index (χ1) is 13.0. The number of likely N-dealkylation sites (N-methyl/N-ethyl adjacent to an activating group) is 1. The average molecular weight is 436 g/mol. The summed E-state index contributed by atoms with van der Waals surface area (Å²) in [5.74, 6) is 0.585. The van der Waals surface area contributed by atoms with Crippen LogP contribution in [-0.2, 0) is 4.79 Å². The standard InChI is InChI=1S/C20H18ClN3O2S.ClH/c1-23(2)19(25)16(21)18-17(12-8-10-13(26-3)11-9-12)22-20-24(18)14-6-4-5-7-15(14)27-20;/h4-11,16H,1-3H3;1H. The monoisotopic (exact) mass is 435 g/mol. The molecule has 4 aromatic rings. The van der Waals surface area contributed by atoms with Crippen LogP contribution in [0.3, 0.4) is 0 Å². The van der Waals surface area contributed by atoms with Crippen LogP contribution in [0.1, 0.15) is 11.1 Å². The van der Waals surface area contributed by atoms with Gasteiger partial charge in [-0.3, -0.25) is 9.20 Å². The van der Waals surface area contributed by atoms with E-state index in [2.05, 4.69) is 0 Å². The number of rotatable bonds is 4. The molecule has 1 unspecified atom stereocenters. The number of hydrogen-bond acceptors (Lipinski definition) is 4. The molecular weight excluding hydrogens is 417 g/mol. The van der Waals surface area contributed by atoms with E-state index in [1.807, 2.05) is 52.9 Å². The Labute approximate surface area is 177 Å². The molecule has 8 heteroatoms. The summed E-state index contributed by atoms with van der Waals surface area (Å²) < 4.78 is 8.34. The molecule has 0 spiro atoms. The fraction of sp³-hybridized carbons (Fsp3) is 0.200. The van der Waals surface area contributed by atoms with Crippen molar-refractivity contribution in [3.05, 3.63) is 54.2 Å². The van der Waals surface area contributed by atoms with Gasteiger partial charge in [0.1, 0.15) is 5.75 Å². The summed E-state index contributed by atoms with van der Waals surface area (Å²) in [5.41, 5.74) is 3.29. The van der Waals surface area contributed by atoms with E-state index in [0.29, 0.717) is 11.4 Å². The number of hydrogen-bond donors (Lipinski definition) is 0. The summed E-state index contributed by atoms with van der Waals surface area (Å²) in [7, 11) is 5.03. The zero-order chi connectivity index (χ0) is 19.1. The molecule has 0 saturated heterocycles. The lowest BCUT2D eigenvalue weighted by Gasteiger charge is -2.16. The molecule has 0 fully saturated rings. The van der Waals surface area contributed by atoms with Gasteiger partial charge >= 0.3 is 0 Å². The number of carbonyl (C=O) groups excluding carboxylic acids is 1. The number of para-hydroxylation sites is 1. The number of amides is 1. The van der Waals surface area contributed by atoms with Crippen molar-refractivity contribution in [2.45, 2.75) is 5.38 Å². The van der Waals surface area contributed by atoms with Gasteiger partial charge in [-0.2, -0.15) is 0 Å². The van der Waals surface area contributed by atoms with Crippen molar-refractivity contribution in [2.75, 3.05) is 21.2 Å². The van der Waals surface area contributed by atoms with Crippen LogP contribution >= 0.6 is 35.3 Å². The summed E-state index contributed by atoms with van der Waals surface area (Å²) in [5, 5.41) is -0.842. The zero-order valence-electron chi connectivity index (χ0n) is 15.5. The van der Waals surface area contributed by atoms with Crippen molar-refractivity contribution in [2.24, 2.45) is 0 Å². The molecule has 0 N–H and O–H groups in total. The second-order valence-corrected chi connectivity index (χ2v) is 7.80. The van der Waals surface area contributed by atoms with E-state index in [1.54, 1.807) is 32.5 Å². The lowest BCUT2D eigenvalue weighted by molar-refractivity contribution is -0.128. The maximum Gasteiger partial charge on any atom is 0.246 e. The van der Waals surface area contributed by atoms with Crippen LogP contribution in [0.25, 0.3) is 26.4 Å². The minimum absolute atomic E-state index is 0. The lowest BCUT2D eigenvalue weighted by atomic mass is 10.1. The Balaban J connectivity index is 0.00000225. The van der Waals surface area contributed by atoms with Crippen molar-refractivity contribution < 1.29 is 9.53 Å². The largest absolute Gasteiger partial charge is 0.497 e. The first-order valence-electron chi connectivity index (χ1n) is 8.41. The van der Waals surface area contributed by atoms with Crippen LogP contribution in [0, 0.1) is 0 Å². The molecule has 28 heavy (non-hydrogen) atoms. The highest BCUT2D eigenvalue weighted by atomic mass is 35.5. The van der Waals surface area contributed by atoms with Gasteiger partial charge in [0, 0.05) is 19.7 Å². The number of benzene rings is 2. The summed E-state index contributed by atoms with van der Waals surface area (Å²) >= 11 is 8.25. The van der Waals surface area contributed by atoms with Crippen molar-refractivity contribution in [1.82, 2.24) is 14.3 Å². The normalized spacial score (nSPS) is 12.0. The number of ether oxygens (including phenoxy) is 1. The molecule has 0 aliphatic rings. The summed E-state index contributed by atoms with van der Waals surface area (Å²) in [4.78, 5) is 19.8. The van der Waals surface area contributed by atoms with Gasteiger partial charge in [0.2, 0.25) is 5.91 Å². The highest BCUT2D eigenvalue weighted by molar-refractivity contribution is 7.23. The van der Waals surface area contributed by atoms with E-state index in [0.717, 1.165) is 26.5 Å². The molecule has 0 radical (unpaired) electrons. The van der Waals surface area contributed by atoms with E-state index >= 15 is 0 Å². The first-order valence-corrected chi connectivity index (χ1v) is 9.66. The highest BCUT2D eigenvalue weighted by Crippen LogP contribution is 2.38. The predicted molar refractivity (Wildman–Crippen MR) is 117 cm³/mol. The van der Waals surface area contributed by atoms with Crippen molar-refractivity contribution in [1.29, 1.82) is 0 Å². The van der Waals surface area contributed by atoms with E-state index in [1.165, 1.54) is 4.90 Å². The van der Waals surface area contributed by atoms with Gasteiger partial charge in [0.05, 0.1) is 28.7 Å². The third-order valence-corrected chi connectivity index (χ3v) is 5.87. The summed E-state index contributed by atoms with van der Waals surface area (Å²) in [6.07, 6.45) is 0. The number of fused-ring (bicyclic) bond motifs is 3. The summed E-state index contributed by atoms with van der Waals surface area (Å²) in [6, 6.07) is 15.6. The smallest absolute Gasteiger partial charge is 0.246 e. The average Bonchev–Trinajstić information content (AvgIpc) is 3.22. The quantitative estimate of drug-likeness (QED) is 0.423. The van der Waals surface area contributed by atoms with Crippen LogP contribution in [0.15, 0.2) is 48.5 Å². The van der Waals surface area contributed by atoms with E-state index in [4.69, 9.17) is 21.3 Å². The third-order valence-electron chi connectivity index (χ3n) is 4.45. The van der Waals surface area contributed by atoms with Crippen LogP contribution in [0.2, 0.25) is 0 Å². The Hall–Kier alpha value is -2.28. The number of imidazole rings is 1. The minimum atomic E-state index is -0.842. The molecule has 4 rings (SSSR count). The number of nitrogens with zero attached hydrogens (tertiary/aromatic N) is 3. The number of halogens is 2. The lowest BCUT2D eigenvalue weighted by Crippen LogP contribution is -2.26. The molecule has 146 valence electrons. The highest BCUT2D eigenvalue weighted by Gasteiger charge is 2.29. The third kappa shape index (κ3) is 3.32. The SMILES string of the molecule is COc1ccc(-c2nc3sc4ccccc4n3c2C(Cl)C(=O)N(C)C)cc1.Cl. The Morgan fingerprint density at radius 2 is 1.86 bits per heavy atom. The fourth-order valence-electron chi connectivity index (χ4n) is 3.08. The molecule has 2 aromatic carbocycles. The molecule has 5 nitrogen and oxygen atoms in total. The van der Waals surface area contributed by atoms with Gasteiger partial charge in [0.15, 0.2) is 10.3 Å².